The second kappa shape index (κ2) is 4.22. The molecule has 0 fully saturated rings. The summed E-state index contributed by atoms with van der Waals surface area (Å²) >= 11 is 0. The van der Waals surface area contributed by atoms with Gasteiger partial charge in [0.1, 0.15) is 0 Å². The summed E-state index contributed by atoms with van der Waals surface area (Å²) in [5, 5.41) is 8.88. The molecule has 0 saturated carbocycles. The van der Waals surface area contributed by atoms with E-state index in [1.165, 1.54) is 12.1 Å². The predicted molar refractivity (Wildman–Crippen MR) is 66.7 cm³/mol. The number of carboxylic acid groups (broad SMARTS) is 1. The quantitative estimate of drug-likeness (QED) is 0.872. The molecular weight excluding hydrogens is 273 g/mol. The third kappa shape index (κ3) is 2.35. The molecule has 108 valence electrons. The zero-order valence-corrected chi connectivity index (χ0v) is 11.1. The van der Waals surface area contributed by atoms with E-state index >= 15 is 0 Å². The van der Waals surface area contributed by atoms with Crippen LogP contribution in [0.3, 0.4) is 0 Å². The third-order valence-corrected chi connectivity index (χ3v) is 2.83. The number of fused-ring (bicyclic) bond motifs is 1. The first kappa shape index (κ1) is 14.4. The second-order valence-corrected chi connectivity index (χ2v) is 5.45. The van der Waals surface area contributed by atoms with Crippen LogP contribution in [0.4, 0.5) is 13.2 Å². The van der Waals surface area contributed by atoms with Crippen LogP contribution in [0.25, 0.3) is 11.0 Å². The van der Waals surface area contributed by atoms with Crippen LogP contribution < -0.4 is 0 Å². The van der Waals surface area contributed by atoms with E-state index in [2.05, 4.69) is 4.98 Å². The molecular formula is C13H13F3N2O2. The van der Waals surface area contributed by atoms with Crippen molar-refractivity contribution in [3.63, 3.8) is 0 Å². The minimum Gasteiger partial charge on any atom is -0.478 e. The summed E-state index contributed by atoms with van der Waals surface area (Å²) in [6, 6.07) is 3.77. The van der Waals surface area contributed by atoms with Gasteiger partial charge in [-0.3, -0.25) is 0 Å². The van der Waals surface area contributed by atoms with Crippen molar-refractivity contribution in [1.29, 1.82) is 0 Å². The highest BCUT2D eigenvalue weighted by Gasteiger charge is 2.40. The molecule has 1 heterocycles. The van der Waals surface area contributed by atoms with Gasteiger partial charge in [0.2, 0.25) is 5.82 Å². The molecule has 4 nitrogen and oxygen atoms in total. The van der Waals surface area contributed by atoms with Crippen molar-refractivity contribution in [3.8, 4) is 0 Å². The molecule has 1 N–H and O–H groups in total. The Morgan fingerprint density at radius 1 is 1.25 bits per heavy atom. The molecule has 7 heteroatoms. The van der Waals surface area contributed by atoms with Gasteiger partial charge in [-0.05, 0) is 39.0 Å². The molecule has 0 spiro atoms. The number of halogens is 3. The van der Waals surface area contributed by atoms with Crippen molar-refractivity contribution in [2.45, 2.75) is 32.5 Å². The average Bonchev–Trinajstić information content (AvgIpc) is 2.65. The fraction of sp³-hybridized carbons (Fsp3) is 0.385. The van der Waals surface area contributed by atoms with Crippen LogP contribution in [0.1, 0.15) is 37.0 Å². The molecule has 20 heavy (non-hydrogen) atoms. The van der Waals surface area contributed by atoms with E-state index in [1.807, 2.05) is 0 Å². The molecule has 0 amide bonds. The zero-order valence-electron chi connectivity index (χ0n) is 11.1. The maximum Gasteiger partial charge on any atom is 0.449 e. The average molecular weight is 286 g/mol. The fourth-order valence-electron chi connectivity index (χ4n) is 2.08. The van der Waals surface area contributed by atoms with Crippen LogP contribution in [0, 0.1) is 0 Å². The van der Waals surface area contributed by atoms with Gasteiger partial charge in [-0.25, -0.2) is 9.78 Å². The van der Waals surface area contributed by atoms with Crippen molar-refractivity contribution in [2.24, 2.45) is 0 Å². The molecule has 1 aromatic heterocycles. The van der Waals surface area contributed by atoms with Gasteiger partial charge in [-0.15, -0.1) is 0 Å². The molecule has 0 bridgehead atoms. The van der Waals surface area contributed by atoms with E-state index in [1.54, 1.807) is 20.8 Å². The summed E-state index contributed by atoms with van der Waals surface area (Å²) in [5.41, 5.74) is -0.642. The lowest BCUT2D eigenvalue weighted by Crippen LogP contribution is -2.27. The van der Waals surface area contributed by atoms with Crippen LogP contribution in [0.2, 0.25) is 0 Å². The number of aromatic carboxylic acids is 1. The summed E-state index contributed by atoms with van der Waals surface area (Å²) in [6.45, 7) is 4.90. The molecule has 0 atom stereocenters. The van der Waals surface area contributed by atoms with Crippen molar-refractivity contribution in [2.75, 3.05) is 0 Å². The fourth-order valence-corrected chi connectivity index (χ4v) is 2.08. The molecule has 0 aliphatic carbocycles. The first-order chi connectivity index (χ1) is 9.01. The van der Waals surface area contributed by atoms with E-state index in [4.69, 9.17) is 5.11 Å². The summed E-state index contributed by atoms with van der Waals surface area (Å²) in [6.07, 6.45) is -4.60. The lowest BCUT2D eigenvalue weighted by molar-refractivity contribution is -0.148. The highest BCUT2D eigenvalue weighted by atomic mass is 19.4. The minimum atomic E-state index is -4.60. The summed E-state index contributed by atoms with van der Waals surface area (Å²) < 4.78 is 40.3. The first-order valence-electron chi connectivity index (χ1n) is 5.85. The lowest BCUT2D eigenvalue weighted by Gasteiger charge is -2.25. The SMILES string of the molecule is CC(C)(C)n1c(C(F)(F)F)nc2cc(C(=O)O)ccc21. The Bertz CT molecular complexity index is 681. The Hall–Kier alpha value is -2.05. The van der Waals surface area contributed by atoms with Crippen LogP contribution >= 0.6 is 0 Å². The Balaban J connectivity index is 2.83. The van der Waals surface area contributed by atoms with E-state index in [-0.39, 0.29) is 16.6 Å². The van der Waals surface area contributed by atoms with E-state index in [0.717, 1.165) is 10.6 Å². The van der Waals surface area contributed by atoms with Crippen molar-refractivity contribution < 1.29 is 23.1 Å². The van der Waals surface area contributed by atoms with Crippen molar-refractivity contribution >= 4 is 17.0 Å². The molecule has 2 rings (SSSR count). The maximum atomic E-state index is 13.1. The normalized spacial score (nSPS) is 12.9. The van der Waals surface area contributed by atoms with Crippen molar-refractivity contribution in [1.82, 2.24) is 9.55 Å². The first-order valence-corrected chi connectivity index (χ1v) is 5.85. The van der Waals surface area contributed by atoms with E-state index < -0.39 is 23.5 Å². The molecule has 0 unspecified atom stereocenters. The number of imidazole rings is 1. The number of hydrogen-bond donors (Lipinski definition) is 1. The smallest absolute Gasteiger partial charge is 0.449 e. The number of nitrogens with zero attached hydrogens (tertiary/aromatic N) is 2. The van der Waals surface area contributed by atoms with Crippen LogP contribution in [0.5, 0.6) is 0 Å². The second-order valence-electron chi connectivity index (χ2n) is 5.45. The monoisotopic (exact) mass is 286 g/mol. The third-order valence-electron chi connectivity index (χ3n) is 2.83. The highest BCUT2D eigenvalue weighted by Crippen LogP contribution is 2.35. The van der Waals surface area contributed by atoms with E-state index in [0.29, 0.717) is 0 Å². The van der Waals surface area contributed by atoms with E-state index in [9.17, 15) is 18.0 Å². The van der Waals surface area contributed by atoms with Crippen LogP contribution in [-0.2, 0) is 11.7 Å². The molecule has 2 aromatic rings. The predicted octanol–water partition coefficient (Wildman–Crippen LogP) is 3.51. The van der Waals surface area contributed by atoms with Crippen LogP contribution in [0.15, 0.2) is 18.2 Å². The molecule has 0 radical (unpaired) electrons. The Kier molecular flexibility index (Phi) is 3.03. The minimum absolute atomic E-state index is 0.0205. The molecule has 0 saturated heterocycles. The number of carbonyl (C=O) groups is 1. The summed E-state index contributed by atoms with van der Waals surface area (Å²) in [5.74, 6) is -2.23. The number of benzene rings is 1. The summed E-state index contributed by atoms with van der Waals surface area (Å²) in [7, 11) is 0. The largest absolute Gasteiger partial charge is 0.478 e. The van der Waals surface area contributed by atoms with Crippen molar-refractivity contribution in [3.05, 3.63) is 29.6 Å². The van der Waals surface area contributed by atoms with Gasteiger partial charge < -0.3 is 9.67 Å². The van der Waals surface area contributed by atoms with Gasteiger partial charge in [0, 0.05) is 5.54 Å². The van der Waals surface area contributed by atoms with Gasteiger partial charge in [0.15, 0.2) is 0 Å². The van der Waals surface area contributed by atoms with Gasteiger partial charge >= 0.3 is 12.1 Å². The molecule has 1 aromatic carbocycles. The standard InChI is InChI=1S/C13H13F3N2O2/c1-12(2,3)18-9-5-4-7(10(19)20)6-8(9)17-11(18)13(14,15)16/h4-6H,1-3H3,(H,19,20). The number of hydrogen-bond acceptors (Lipinski definition) is 2. The van der Waals surface area contributed by atoms with Gasteiger partial charge in [0.25, 0.3) is 0 Å². The molecule has 0 aliphatic rings. The Morgan fingerprint density at radius 3 is 2.30 bits per heavy atom. The van der Waals surface area contributed by atoms with Gasteiger partial charge in [-0.2, -0.15) is 13.2 Å². The number of rotatable bonds is 1. The Labute approximate surface area is 112 Å². The lowest BCUT2D eigenvalue weighted by atomic mass is 10.1. The molecule has 0 aliphatic heterocycles. The topological polar surface area (TPSA) is 55.1 Å². The Morgan fingerprint density at radius 2 is 1.85 bits per heavy atom. The van der Waals surface area contributed by atoms with Gasteiger partial charge in [-0.1, -0.05) is 0 Å². The zero-order chi connectivity index (χ0) is 15.3. The number of alkyl halides is 3. The van der Waals surface area contributed by atoms with Gasteiger partial charge in [0.05, 0.1) is 16.6 Å². The summed E-state index contributed by atoms with van der Waals surface area (Å²) in [4.78, 5) is 14.4. The number of aromatic nitrogens is 2. The maximum absolute atomic E-state index is 13.1. The van der Waals surface area contributed by atoms with Crippen LogP contribution in [-0.4, -0.2) is 20.6 Å². The highest BCUT2D eigenvalue weighted by molar-refractivity contribution is 5.92. The number of carboxylic acids is 1.